The third kappa shape index (κ3) is 4.35. The van der Waals surface area contributed by atoms with Gasteiger partial charge in [-0.2, -0.15) is 0 Å². The molecule has 2 aliphatic heterocycles. The fourth-order valence-corrected chi connectivity index (χ4v) is 4.82. The minimum Gasteiger partial charge on any atom is -0.355 e. The van der Waals surface area contributed by atoms with Gasteiger partial charge in [0.2, 0.25) is 11.8 Å². The molecule has 0 aliphatic carbocycles. The maximum Gasteiger partial charge on any atom is 0.254 e. The number of hydrogen-bond donors (Lipinski definition) is 1. The molecule has 3 aromatic rings. The van der Waals surface area contributed by atoms with Gasteiger partial charge in [0.1, 0.15) is 5.82 Å². The fraction of sp³-hybridized carbons (Fsp3) is 0.308. The van der Waals surface area contributed by atoms with Crippen molar-refractivity contribution in [2.45, 2.75) is 32.4 Å². The molecule has 7 nitrogen and oxygen atoms in total. The Labute approximate surface area is 196 Å². The van der Waals surface area contributed by atoms with E-state index >= 15 is 0 Å². The molecule has 1 fully saturated rings. The van der Waals surface area contributed by atoms with Crippen molar-refractivity contribution in [3.05, 3.63) is 99.0 Å². The lowest BCUT2D eigenvalue weighted by Crippen LogP contribution is -2.43. The molecule has 2 aliphatic rings. The summed E-state index contributed by atoms with van der Waals surface area (Å²) in [5.41, 5.74) is 3.44. The molecule has 0 spiro atoms. The Hall–Kier alpha value is -3.81. The smallest absolute Gasteiger partial charge is 0.254 e. The number of rotatable bonds is 5. The van der Waals surface area contributed by atoms with Crippen LogP contribution in [0.1, 0.15) is 34.4 Å². The van der Waals surface area contributed by atoms with Gasteiger partial charge >= 0.3 is 0 Å². The topological polar surface area (TPSA) is 84.3 Å². The van der Waals surface area contributed by atoms with Crippen LogP contribution in [-0.2, 0) is 35.5 Å². The van der Waals surface area contributed by atoms with Gasteiger partial charge in [-0.05, 0) is 34.9 Å². The third-order valence-corrected chi connectivity index (χ3v) is 6.59. The van der Waals surface area contributed by atoms with Gasteiger partial charge in [0.05, 0.1) is 12.5 Å². The zero-order valence-electron chi connectivity index (χ0n) is 18.7. The molecule has 0 unspecified atom stereocenters. The van der Waals surface area contributed by atoms with Gasteiger partial charge in [0.15, 0.2) is 0 Å². The van der Waals surface area contributed by atoms with Gasteiger partial charge in [0.25, 0.3) is 5.56 Å². The number of aromatic nitrogens is 2. The van der Waals surface area contributed by atoms with E-state index in [1.54, 1.807) is 40.1 Å². The van der Waals surface area contributed by atoms with E-state index in [4.69, 9.17) is 0 Å². The Morgan fingerprint density at radius 1 is 1.15 bits per heavy atom. The second-order valence-electron chi connectivity index (χ2n) is 8.88. The van der Waals surface area contributed by atoms with Crippen LogP contribution in [0, 0.1) is 11.7 Å². The zero-order valence-corrected chi connectivity index (χ0v) is 18.7. The van der Waals surface area contributed by atoms with Crippen LogP contribution >= 0.6 is 0 Å². The van der Waals surface area contributed by atoms with E-state index in [-0.39, 0.29) is 42.0 Å². The van der Waals surface area contributed by atoms with Crippen LogP contribution in [0.15, 0.2) is 59.7 Å². The third-order valence-electron chi connectivity index (χ3n) is 6.59. The first-order chi connectivity index (χ1) is 16.5. The van der Waals surface area contributed by atoms with E-state index in [1.165, 1.54) is 6.07 Å². The fourth-order valence-electron chi connectivity index (χ4n) is 4.82. The molecule has 2 amide bonds. The first-order valence-electron chi connectivity index (χ1n) is 11.4. The van der Waals surface area contributed by atoms with Crippen molar-refractivity contribution in [1.29, 1.82) is 0 Å². The molecule has 4 heterocycles. The quantitative estimate of drug-likeness (QED) is 0.632. The van der Waals surface area contributed by atoms with Crippen LogP contribution in [0.5, 0.6) is 0 Å². The largest absolute Gasteiger partial charge is 0.355 e. The molecule has 0 saturated carbocycles. The summed E-state index contributed by atoms with van der Waals surface area (Å²) in [5.74, 6) is -0.861. The number of nitrogens with one attached hydrogen (secondary N) is 1. The van der Waals surface area contributed by atoms with Gasteiger partial charge in [-0.1, -0.05) is 24.3 Å². The molecule has 0 radical (unpaired) electrons. The summed E-state index contributed by atoms with van der Waals surface area (Å²) in [5, 5.41) is 2.72. The first-order valence-corrected chi connectivity index (χ1v) is 11.4. The van der Waals surface area contributed by atoms with Crippen LogP contribution in [0.25, 0.3) is 0 Å². The summed E-state index contributed by atoms with van der Waals surface area (Å²) in [4.78, 5) is 44.0. The first kappa shape index (κ1) is 22.0. The van der Waals surface area contributed by atoms with E-state index in [0.29, 0.717) is 43.7 Å². The molecular weight excluding hydrogens is 435 g/mol. The van der Waals surface area contributed by atoms with E-state index in [9.17, 15) is 18.8 Å². The summed E-state index contributed by atoms with van der Waals surface area (Å²) in [7, 11) is 0. The van der Waals surface area contributed by atoms with E-state index < -0.39 is 0 Å². The summed E-state index contributed by atoms with van der Waals surface area (Å²) in [6.45, 7) is 1.56. The molecule has 5 rings (SSSR count). The minimum absolute atomic E-state index is 0.0512. The molecule has 1 aromatic carbocycles. The predicted molar refractivity (Wildman–Crippen MR) is 123 cm³/mol. The second-order valence-corrected chi connectivity index (χ2v) is 8.88. The van der Waals surface area contributed by atoms with E-state index in [2.05, 4.69) is 10.3 Å². The van der Waals surface area contributed by atoms with Crippen molar-refractivity contribution in [2.75, 3.05) is 13.1 Å². The van der Waals surface area contributed by atoms with Crippen LogP contribution in [0.3, 0.4) is 0 Å². The Balaban J connectivity index is 1.51. The molecule has 2 aromatic heterocycles. The highest BCUT2D eigenvalue weighted by molar-refractivity contribution is 5.89. The molecule has 0 bridgehead atoms. The average molecular weight is 461 g/mol. The lowest BCUT2D eigenvalue weighted by atomic mass is 9.97. The van der Waals surface area contributed by atoms with Crippen LogP contribution in [0.4, 0.5) is 4.39 Å². The maximum absolute atomic E-state index is 14.4. The molecule has 174 valence electrons. The normalized spacial score (nSPS) is 17.4. The van der Waals surface area contributed by atoms with Gasteiger partial charge < -0.3 is 14.8 Å². The molecular formula is C26H25FN4O3. The van der Waals surface area contributed by atoms with Gasteiger partial charge in [-0.15, -0.1) is 0 Å². The number of carbonyl (C=O) groups is 2. The Morgan fingerprint density at radius 2 is 2.00 bits per heavy atom. The van der Waals surface area contributed by atoms with Crippen LogP contribution in [0.2, 0.25) is 0 Å². The number of amides is 2. The lowest BCUT2D eigenvalue weighted by molar-refractivity contribution is -0.136. The van der Waals surface area contributed by atoms with E-state index in [1.807, 2.05) is 18.2 Å². The molecule has 8 heteroatoms. The lowest BCUT2D eigenvalue weighted by Gasteiger charge is -2.32. The number of carbonyl (C=O) groups excluding carboxylic acids is 2. The van der Waals surface area contributed by atoms with Crippen molar-refractivity contribution < 1.29 is 14.0 Å². The number of pyridine rings is 2. The SMILES string of the molecule is O=C1C[C@@H](C(=O)N2CCc3c(cc(Cc4ccccc4F)c(=O)n3Cc3cccnc3)C2)CN1. The number of nitrogens with zero attached hydrogens (tertiary/aromatic N) is 3. The Bertz CT molecular complexity index is 1310. The molecule has 1 saturated heterocycles. The highest BCUT2D eigenvalue weighted by Gasteiger charge is 2.33. The summed E-state index contributed by atoms with van der Waals surface area (Å²) in [6.07, 6.45) is 4.32. The number of hydrogen-bond acceptors (Lipinski definition) is 4. The Morgan fingerprint density at radius 3 is 2.74 bits per heavy atom. The van der Waals surface area contributed by atoms with Gasteiger partial charge in [0, 0.05) is 62.5 Å². The maximum atomic E-state index is 14.4. The standard InChI is InChI=1S/C26H25FN4O3/c27-22-6-2-1-5-18(22)10-19-11-21-16-30(25(33)20-12-24(32)29-14-20)9-7-23(21)31(26(19)34)15-17-4-3-8-28-13-17/h1-6,8,11,13,20H,7,9-10,12,14-16H2,(H,29,32)/t20-/m1/s1. The Kier molecular flexibility index (Phi) is 5.96. The number of fused-ring (bicyclic) bond motifs is 1. The van der Waals surface area contributed by atoms with Gasteiger partial charge in [-0.25, -0.2) is 4.39 Å². The molecule has 1 atom stereocenters. The minimum atomic E-state index is -0.353. The van der Waals surface area contributed by atoms with Gasteiger partial charge in [-0.3, -0.25) is 19.4 Å². The van der Waals surface area contributed by atoms with Crippen LogP contribution < -0.4 is 10.9 Å². The number of halogens is 1. The summed E-state index contributed by atoms with van der Waals surface area (Å²) >= 11 is 0. The highest BCUT2D eigenvalue weighted by atomic mass is 19.1. The second kappa shape index (κ2) is 9.21. The average Bonchev–Trinajstić information content (AvgIpc) is 3.29. The van der Waals surface area contributed by atoms with Crippen molar-refractivity contribution in [3.63, 3.8) is 0 Å². The number of benzene rings is 1. The van der Waals surface area contributed by atoms with Crippen molar-refractivity contribution in [3.8, 4) is 0 Å². The predicted octanol–water partition coefficient (Wildman–Crippen LogP) is 2.04. The summed E-state index contributed by atoms with van der Waals surface area (Å²) in [6, 6.07) is 12.0. The van der Waals surface area contributed by atoms with Crippen LogP contribution in [-0.4, -0.2) is 39.4 Å². The van der Waals surface area contributed by atoms with Crippen molar-refractivity contribution in [1.82, 2.24) is 19.8 Å². The van der Waals surface area contributed by atoms with E-state index in [0.717, 1.165) is 16.8 Å². The summed E-state index contributed by atoms with van der Waals surface area (Å²) < 4.78 is 16.1. The zero-order chi connectivity index (χ0) is 23.7. The molecule has 34 heavy (non-hydrogen) atoms. The van der Waals surface area contributed by atoms with Crippen molar-refractivity contribution >= 4 is 11.8 Å². The van der Waals surface area contributed by atoms with Crippen molar-refractivity contribution in [2.24, 2.45) is 5.92 Å². The molecule has 1 N–H and O–H groups in total. The monoisotopic (exact) mass is 460 g/mol. The highest BCUT2D eigenvalue weighted by Crippen LogP contribution is 2.24.